The lowest BCUT2D eigenvalue weighted by molar-refractivity contribution is 0.0793. The van der Waals surface area contributed by atoms with Gasteiger partial charge in [0.05, 0.1) is 0 Å². The number of likely N-dealkylation sites (tertiary alicyclic amines) is 1. The SMILES string of the molecule is O=C(c1ccc2c(C3CCNCC3)cccc2c1)N1CCCC1. The molecule has 3 heteroatoms. The lowest BCUT2D eigenvalue weighted by Crippen LogP contribution is -2.27. The molecule has 2 aliphatic rings. The third-order valence-corrected chi connectivity index (χ3v) is 5.33. The van der Waals surface area contributed by atoms with E-state index in [1.807, 2.05) is 11.0 Å². The smallest absolute Gasteiger partial charge is 0.253 e. The van der Waals surface area contributed by atoms with Crippen molar-refractivity contribution in [2.24, 2.45) is 0 Å². The van der Waals surface area contributed by atoms with Crippen molar-refractivity contribution in [3.8, 4) is 0 Å². The first-order chi connectivity index (χ1) is 11.3. The molecule has 2 aliphatic heterocycles. The summed E-state index contributed by atoms with van der Waals surface area (Å²) in [6.45, 7) is 4.02. The second kappa shape index (κ2) is 6.32. The number of piperidine rings is 1. The van der Waals surface area contributed by atoms with Crippen LogP contribution in [0, 0.1) is 0 Å². The van der Waals surface area contributed by atoms with Gasteiger partial charge in [0.15, 0.2) is 0 Å². The summed E-state index contributed by atoms with van der Waals surface area (Å²) >= 11 is 0. The minimum Gasteiger partial charge on any atom is -0.339 e. The molecule has 3 nitrogen and oxygen atoms in total. The van der Waals surface area contributed by atoms with E-state index in [-0.39, 0.29) is 5.91 Å². The standard InChI is InChI=1S/C20H24N2O/c23-20(22-12-1-2-13-22)17-6-7-19-16(14-17)4-3-5-18(19)15-8-10-21-11-9-15/h3-7,14-15,21H,1-2,8-13H2. The second-order valence-corrected chi connectivity index (χ2v) is 6.81. The van der Waals surface area contributed by atoms with Gasteiger partial charge in [-0.25, -0.2) is 0 Å². The zero-order valence-electron chi connectivity index (χ0n) is 13.6. The maximum Gasteiger partial charge on any atom is 0.253 e. The van der Waals surface area contributed by atoms with E-state index >= 15 is 0 Å². The fraction of sp³-hybridized carbons (Fsp3) is 0.450. The van der Waals surface area contributed by atoms with Crippen molar-refractivity contribution in [2.45, 2.75) is 31.6 Å². The molecule has 2 saturated heterocycles. The van der Waals surface area contributed by atoms with Crippen molar-refractivity contribution in [1.29, 1.82) is 0 Å². The Labute approximate surface area is 137 Å². The van der Waals surface area contributed by atoms with Crippen LogP contribution in [-0.2, 0) is 0 Å². The number of carbonyl (C=O) groups is 1. The van der Waals surface area contributed by atoms with Gasteiger partial charge in [-0.3, -0.25) is 4.79 Å². The van der Waals surface area contributed by atoms with Gasteiger partial charge in [-0.2, -0.15) is 0 Å². The van der Waals surface area contributed by atoms with Crippen molar-refractivity contribution in [1.82, 2.24) is 10.2 Å². The number of hydrogen-bond donors (Lipinski definition) is 1. The topological polar surface area (TPSA) is 32.3 Å². The van der Waals surface area contributed by atoms with Crippen LogP contribution in [0.15, 0.2) is 36.4 Å². The maximum atomic E-state index is 12.6. The highest BCUT2D eigenvalue weighted by Crippen LogP contribution is 2.32. The van der Waals surface area contributed by atoms with Crippen LogP contribution in [0.5, 0.6) is 0 Å². The third kappa shape index (κ3) is 2.86. The number of amides is 1. The van der Waals surface area contributed by atoms with Crippen molar-refractivity contribution < 1.29 is 4.79 Å². The summed E-state index contributed by atoms with van der Waals surface area (Å²) in [7, 11) is 0. The predicted molar refractivity (Wildman–Crippen MR) is 93.9 cm³/mol. The van der Waals surface area contributed by atoms with Crippen LogP contribution in [0.3, 0.4) is 0 Å². The summed E-state index contributed by atoms with van der Waals surface area (Å²) in [6.07, 6.45) is 4.68. The summed E-state index contributed by atoms with van der Waals surface area (Å²) in [5, 5.41) is 5.95. The molecule has 0 aromatic heterocycles. The van der Waals surface area contributed by atoms with Crippen LogP contribution in [0.4, 0.5) is 0 Å². The molecule has 0 radical (unpaired) electrons. The van der Waals surface area contributed by atoms with Gasteiger partial charge in [-0.1, -0.05) is 24.3 Å². The van der Waals surface area contributed by atoms with E-state index < -0.39 is 0 Å². The molecule has 23 heavy (non-hydrogen) atoms. The Hall–Kier alpha value is -1.87. The highest BCUT2D eigenvalue weighted by molar-refractivity contribution is 5.99. The average molecular weight is 308 g/mol. The number of nitrogens with one attached hydrogen (secondary N) is 1. The van der Waals surface area contributed by atoms with E-state index in [0.29, 0.717) is 5.92 Å². The Morgan fingerprint density at radius 1 is 1.04 bits per heavy atom. The molecule has 0 spiro atoms. The Bertz CT molecular complexity index is 713. The molecule has 1 amide bonds. The molecular weight excluding hydrogens is 284 g/mol. The summed E-state index contributed by atoms with van der Waals surface area (Å²) in [4.78, 5) is 14.6. The van der Waals surface area contributed by atoms with E-state index in [0.717, 1.165) is 44.6 Å². The average Bonchev–Trinajstić information content (AvgIpc) is 3.15. The molecular formula is C20H24N2O. The van der Waals surface area contributed by atoms with Crippen LogP contribution in [0.2, 0.25) is 0 Å². The molecule has 120 valence electrons. The molecule has 1 N–H and O–H groups in total. The van der Waals surface area contributed by atoms with Crippen molar-refractivity contribution in [3.05, 3.63) is 47.5 Å². The maximum absolute atomic E-state index is 12.6. The number of benzene rings is 2. The molecule has 0 bridgehead atoms. The Kier molecular flexibility index (Phi) is 4.04. The number of carbonyl (C=O) groups excluding carboxylic acids is 1. The van der Waals surface area contributed by atoms with E-state index in [4.69, 9.17) is 0 Å². The van der Waals surface area contributed by atoms with Crippen LogP contribution >= 0.6 is 0 Å². The van der Waals surface area contributed by atoms with E-state index in [9.17, 15) is 4.79 Å². The first-order valence-corrected chi connectivity index (χ1v) is 8.85. The molecule has 0 aliphatic carbocycles. The van der Waals surface area contributed by atoms with Gasteiger partial charge in [-0.15, -0.1) is 0 Å². The normalized spacial score (nSPS) is 19.4. The van der Waals surface area contributed by atoms with Gasteiger partial charge in [0, 0.05) is 18.7 Å². The molecule has 0 saturated carbocycles. The highest BCUT2D eigenvalue weighted by Gasteiger charge is 2.21. The zero-order chi connectivity index (χ0) is 15.6. The van der Waals surface area contributed by atoms with Gasteiger partial charge in [0.1, 0.15) is 0 Å². The fourth-order valence-electron chi connectivity index (χ4n) is 4.03. The quantitative estimate of drug-likeness (QED) is 0.920. The molecule has 4 rings (SSSR count). The van der Waals surface area contributed by atoms with Gasteiger partial charge >= 0.3 is 0 Å². The third-order valence-electron chi connectivity index (χ3n) is 5.33. The highest BCUT2D eigenvalue weighted by atomic mass is 16.2. The second-order valence-electron chi connectivity index (χ2n) is 6.81. The largest absolute Gasteiger partial charge is 0.339 e. The van der Waals surface area contributed by atoms with E-state index in [1.54, 1.807) is 0 Å². The van der Waals surface area contributed by atoms with Crippen molar-refractivity contribution in [2.75, 3.05) is 26.2 Å². The van der Waals surface area contributed by atoms with Crippen LogP contribution in [-0.4, -0.2) is 37.0 Å². The molecule has 2 heterocycles. The Balaban J connectivity index is 1.68. The van der Waals surface area contributed by atoms with Gasteiger partial charge in [0.25, 0.3) is 5.91 Å². The van der Waals surface area contributed by atoms with Gasteiger partial charge in [0.2, 0.25) is 0 Å². The first kappa shape index (κ1) is 14.7. The lowest BCUT2D eigenvalue weighted by Gasteiger charge is -2.24. The Morgan fingerprint density at radius 2 is 1.83 bits per heavy atom. The number of fused-ring (bicyclic) bond motifs is 1. The van der Waals surface area contributed by atoms with Crippen molar-refractivity contribution >= 4 is 16.7 Å². The number of nitrogens with zero attached hydrogens (tertiary/aromatic N) is 1. The first-order valence-electron chi connectivity index (χ1n) is 8.85. The van der Waals surface area contributed by atoms with Crippen LogP contribution in [0.25, 0.3) is 10.8 Å². The predicted octanol–water partition coefficient (Wildman–Crippen LogP) is 3.54. The number of hydrogen-bond acceptors (Lipinski definition) is 2. The lowest BCUT2D eigenvalue weighted by atomic mass is 9.86. The minimum atomic E-state index is 0.191. The molecule has 0 atom stereocenters. The van der Waals surface area contributed by atoms with E-state index in [1.165, 1.54) is 29.2 Å². The minimum absolute atomic E-state index is 0.191. The van der Waals surface area contributed by atoms with Crippen LogP contribution in [0.1, 0.15) is 47.5 Å². The number of rotatable bonds is 2. The van der Waals surface area contributed by atoms with Gasteiger partial charge < -0.3 is 10.2 Å². The summed E-state index contributed by atoms with van der Waals surface area (Å²) in [6, 6.07) is 12.8. The monoisotopic (exact) mass is 308 g/mol. The zero-order valence-corrected chi connectivity index (χ0v) is 13.6. The molecule has 2 aromatic carbocycles. The molecule has 2 aromatic rings. The fourth-order valence-corrected chi connectivity index (χ4v) is 4.03. The van der Waals surface area contributed by atoms with Crippen molar-refractivity contribution in [3.63, 3.8) is 0 Å². The summed E-state index contributed by atoms with van der Waals surface area (Å²) in [5.41, 5.74) is 2.28. The molecule has 2 fully saturated rings. The van der Waals surface area contributed by atoms with Crippen LogP contribution < -0.4 is 5.32 Å². The molecule has 0 unspecified atom stereocenters. The summed E-state index contributed by atoms with van der Waals surface area (Å²) < 4.78 is 0. The Morgan fingerprint density at radius 3 is 2.61 bits per heavy atom. The summed E-state index contributed by atoms with van der Waals surface area (Å²) in [5.74, 6) is 0.830. The van der Waals surface area contributed by atoms with Gasteiger partial charge in [-0.05, 0) is 73.2 Å². The van der Waals surface area contributed by atoms with E-state index in [2.05, 4.69) is 35.6 Å².